The van der Waals surface area contributed by atoms with Gasteiger partial charge in [0.2, 0.25) is 15.9 Å². The van der Waals surface area contributed by atoms with Crippen molar-refractivity contribution in [1.82, 2.24) is 19.7 Å². The molecule has 42 heavy (non-hydrogen) atoms. The number of carbonyl (C=O) groups is 1. The van der Waals surface area contributed by atoms with Crippen LogP contribution in [0.1, 0.15) is 90.8 Å². The number of aromatic nitrogens is 3. The van der Waals surface area contributed by atoms with E-state index >= 15 is 0 Å². The maximum Gasteiger partial charge on any atom is 0.308 e. The molecule has 0 bridgehead atoms. The molecule has 2 aliphatic rings. The van der Waals surface area contributed by atoms with Crippen LogP contribution in [0, 0.1) is 5.92 Å². The SMILES string of the molecule is CC(C)C(=O)OC1CCCC1.CC(C)NS(=O)(=O)C1CC1.CC(C)Oc1nc2ccccc2nc1CCc1nccs1. The lowest BCUT2D eigenvalue weighted by Gasteiger charge is -2.13. The predicted octanol–water partition coefficient (Wildman–Crippen LogP) is 6.26. The highest BCUT2D eigenvalue weighted by Gasteiger charge is 2.35. The summed E-state index contributed by atoms with van der Waals surface area (Å²) in [6.45, 7) is 11.4. The van der Waals surface area contributed by atoms with Crippen molar-refractivity contribution in [3.8, 4) is 5.88 Å². The smallest absolute Gasteiger partial charge is 0.308 e. The lowest BCUT2D eigenvalue weighted by molar-refractivity contribution is -0.152. The van der Waals surface area contributed by atoms with Gasteiger partial charge in [-0.15, -0.1) is 11.3 Å². The summed E-state index contributed by atoms with van der Waals surface area (Å²) >= 11 is 1.67. The molecule has 1 aromatic carbocycles. The van der Waals surface area contributed by atoms with Crippen LogP contribution in [0.25, 0.3) is 11.0 Å². The highest BCUT2D eigenvalue weighted by atomic mass is 32.2. The molecule has 2 fully saturated rings. The minimum absolute atomic E-state index is 0.0237. The van der Waals surface area contributed by atoms with Gasteiger partial charge < -0.3 is 9.47 Å². The number of para-hydroxylation sites is 2. The lowest BCUT2D eigenvalue weighted by Crippen LogP contribution is -2.32. The first-order valence-electron chi connectivity index (χ1n) is 15.0. The lowest BCUT2D eigenvalue weighted by atomic mass is 10.2. The quantitative estimate of drug-likeness (QED) is 0.264. The zero-order valence-corrected chi connectivity index (χ0v) is 27.3. The molecule has 2 aromatic heterocycles. The molecule has 2 aliphatic carbocycles. The number of thiazole rings is 1. The van der Waals surface area contributed by atoms with Crippen LogP contribution in [0.2, 0.25) is 0 Å². The Balaban J connectivity index is 0.000000194. The van der Waals surface area contributed by atoms with Gasteiger partial charge >= 0.3 is 5.97 Å². The fourth-order valence-corrected chi connectivity index (χ4v) is 6.44. The summed E-state index contributed by atoms with van der Waals surface area (Å²) in [7, 11) is -2.94. The van der Waals surface area contributed by atoms with Crippen LogP contribution in [-0.2, 0) is 32.4 Å². The Morgan fingerprint density at radius 1 is 0.976 bits per heavy atom. The Bertz CT molecular complexity index is 1350. The van der Waals surface area contributed by atoms with Crippen LogP contribution in [0.5, 0.6) is 5.88 Å². The molecule has 5 rings (SSSR count). The number of rotatable bonds is 10. The van der Waals surface area contributed by atoms with Crippen LogP contribution in [-0.4, -0.2) is 52.8 Å². The molecule has 0 atom stereocenters. The number of aryl methyl sites for hydroxylation is 2. The third-order valence-corrected chi connectivity index (χ3v) is 9.42. The molecule has 232 valence electrons. The van der Waals surface area contributed by atoms with E-state index in [1.807, 2.05) is 77.4 Å². The summed E-state index contributed by atoms with van der Waals surface area (Å²) in [5.74, 6) is 0.618. The number of hydrogen-bond donors (Lipinski definition) is 1. The standard InChI is InChI=1S/C16H17N3OS.C9H16O2.C6H13NO2S/c1-11(2)20-16-14(7-8-15-17-9-10-21-15)18-12-5-3-4-6-13(12)19-16;1-7(2)9(10)11-8-5-3-4-6-8;1-5(2)7-10(8,9)6-3-4-6/h3-6,9-11H,7-8H2,1-2H3;7-8H,3-6H2,1-2H3;5-7H,3-4H2,1-2H3. The monoisotopic (exact) mass is 618 g/mol. The third kappa shape index (κ3) is 11.6. The Labute approximate surface area is 254 Å². The summed E-state index contributed by atoms with van der Waals surface area (Å²) in [6.07, 6.45) is 10.0. The molecule has 1 N–H and O–H groups in total. The van der Waals surface area contributed by atoms with E-state index in [0.29, 0.717) is 5.88 Å². The van der Waals surface area contributed by atoms with E-state index in [2.05, 4.69) is 14.7 Å². The maximum absolute atomic E-state index is 11.1. The summed E-state index contributed by atoms with van der Waals surface area (Å²) in [5.41, 5.74) is 2.67. The normalized spacial score (nSPS) is 15.4. The number of esters is 1. The first-order valence-corrected chi connectivity index (χ1v) is 17.4. The third-order valence-electron chi connectivity index (χ3n) is 6.43. The maximum atomic E-state index is 11.1. The fraction of sp³-hybridized carbons (Fsp3) is 0.613. The van der Waals surface area contributed by atoms with Gasteiger partial charge in [-0.25, -0.2) is 28.1 Å². The van der Waals surface area contributed by atoms with Gasteiger partial charge in [0.15, 0.2) is 0 Å². The van der Waals surface area contributed by atoms with Crippen LogP contribution >= 0.6 is 11.3 Å². The number of hydrogen-bond acceptors (Lipinski definition) is 9. The molecule has 0 aliphatic heterocycles. The van der Waals surface area contributed by atoms with Gasteiger partial charge in [-0.05, 0) is 78.4 Å². The second-order valence-corrected chi connectivity index (χ2v) is 14.5. The number of benzene rings is 1. The van der Waals surface area contributed by atoms with Crippen molar-refractivity contribution < 1.29 is 22.7 Å². The Morgan fingerprint density at radius 3 is 2.14 bits per heavy atom. The molecule has 11 heteroatoms. The molecule has 0 spiro atoms. The molecule has 2 heterocycles. The molecule has 0 unspecified atom stereocenters. The van der Waals surface area contributed by atoms with Crippen LogP contribution < -0.4 is 9.46 Å². The first-order chi connectivity index (χ1) is 19.9. The van der Waals surface area contributed by atoms with Crippen molar-refractivity contribution in [3.63, 3.8) is 0 Å². The van der Waals surface area contributed by atoms with Gasteiger partial charge in [0, 0.05) is 30.5 Å². The molecule has 0 saturated heterocycles. The highest BCUT2D eigenvalue weighted by Crippen LogP contribution is 2.27. The molecule has 9 nitrogen and oxygen atoms in total. The van der Waals surface area contributed by atoms with Crippen molar-refractivity contribution in [2.75, 3.05) is 0 Å². The highest BCUT2D eigenvalue weighted by molar-refractivity contribution is 7.90. The van der Waals surface area contributed by atoms with E-state index < -0.39 is 10.0 Å². The minimum Gasteiger partial charge on any atom is -0.474 e. The van der Waals surface area contributed by atoms with Crippen molar-refractivity contribution in [1.29, 1.82) is 0 Å². The van der Waals surface area contributed by atoms with Crippen molar-refractivity contribution in [2.24, 2.45) is 5.92 Å². The number of carbonyl (C=O) groups excluding carboxylic acids is 1. The molecule has 3 aromatic rings. The van der Waals surface area contributed by atoms with Crippen molar-refractivity contribution >= 4 is 38.4 Å². The Hall–Kier alpha value is -2.63. The topological polar surface area (TPSA) is 120 Å². The van der Waals surface area contributed by atoms with Gasteiger partial charge in [-0.3, -0.25) is 4.79 Å². The van der Waals surface area contributed by atoms with E-state index in [1.165, 1.54) is 12.8 Å². The van der Waals surface area contributed by atoms with E-state index in [-0.39, 0.29) is 35.4 Å². The number of fused-ring (bicyclic) bond motifs is 1. The summed E-state index contributed by atoms with van der Waals surface area (Å²) in [5, 5.41) is 3.02. The average Bonchev–Trinajstić information content (AvgIpc) is 3.44. The van der Waals surface area contributed by atoms with Crippen molar-refractivity contribution in [2.45, 2.75) is 116 Å². The summed E-state index contributed by atoms with van der Waals surface area (Å²) in [6, 6.07) is 7.91. The predicted molar refractivity (Wildman–Crippen MR) is 168 cm³/mol. The fourth-order valence-electron chi connectivity index (χ4n) is 4.21. The number of sulfonamides is 1. The van der Waals surface area contributed by atoms with Crippen LogP contribution in [0.4, 0.5) is 0 Å². The van der Waals surface area contributed by atoms with Gasteiger partial charge in [0.1, 0.15) is 11.8 Å². The molecule has 0 radical (unpaired) electrons. The van der Waals surface area contributed by atoms with Crippen molar-refractivity contribution in [3.05, 3.63) is 46.5 Å². The van der Waals surface area contributed by atoms with E-state index in [0.717, 1.165) is 60.3 Å². The summed E-state index contributed by atoms with van der Waals surface area (Å²) in [4.78, 5) is 24.7. The Kier molecular flexibility index (Phi) is 13.1. The van der Waals surface area contributed by atoms with Gasteiger partial charge in [0.05, 0.1) is 33.3 Å². The molecular formula is C31H46N4O5S2. The van der Waals surface area contributed by atoms with E-state index in [9.17, 15) is 13.2 Å². The van der Waals surface area contributed by atoms with E-state index in [1.54, 1.807) is 11.3 Å². The van der Waals surface area contributed by atoms with E-state index in [4.69, 9.17) is 14.5 Å². The molecular weight excluding hydrogens is 572 g/mol. The van der Waals surface area contributed by atoms with Crippen LogP contribution in [0.15, 0.2) is 35.8 Å². The zero-order chi connectivity index (χ0) is 30.7. The van der Waals surface area contributed by atoms with Gasteiger partial charge in [0.25, 0.3) is 0 Å². The minimum atomic E-state index is -2.94. The van der Waals surface area contributed by atoms with Crippen LogP contribution in [0.3, 0.4) is 0 Å². The number of ether oxygens (including phenoxy) is 2. The largest absolute Gasteiger partial charge is 0.474 e. The number of nitrogens with one attached hydrogen (secondary N) is 1. The molecule has 0 amide bonds. The van der Waals surface area contributed by atoms with Gasteiger partial charge in [-0.2, -0.15) is 0 Å². The zero-order valence-electron chi connectivity index (χ0n) is 25.7. The average molecular weight is 619 g/mol. The second kappa shape index (κ2) is 16.3. The Morgan fingerprint density at radius 2 is 1.62 bits per heavy atom. The summed E-state index contributed by atoms with van der Waals surface area (Å²) < 4.78 is 35.8. The second-order valence-electron chi connectivity index (χ2n) is 11.6. The molecule has 2 saturated carbocycles. The van der Waals surface area contributed by atoms with Gasteiger partial charge in [-0.1, -0.05) is 26.0 Å². The first kappa shape index (κ1) is 33.9. The number of nitrogens with zero attached hydrogens (tertiary/aromatic N) is 3.